The first-order chi connectivity index (χ1) is 12.0. The molecule has 25 heavy (non-hydrogen) atoms. The summed E-state index contributed by atoms with van der Waals surface area (Å²) in [4.78, 5) is 15.5. The van der Waals surface area contributed by atoms with Crippen molar-refractivity contribution in [3.8, 4) is 5.75 Å². The van der Waals surface area contributed by atoms with Gasteiger partial charge in [0, 0.05) is 29.2 Å². The topological polar surface area (TPSA) is 80.1 Å². The quantitative estimate of drug-likeness (QED) is 0.587. The maximum atomic E-state index is 12.3. The van der Waals surface area contributed by atoms with E-state index in [-0.39, 0.29) is 21.6 Å². The molecule has 0 saturated heterocycles. The van der Waals surface area contributed by atoms with Crippen LogP contribution in [0.5, 0.6) is 5.75 Å². The largest absolute Gasteiger partial charge is 0.497 e. The van der Waals surface area contributed by atoms with Gasteiger partial charge in [0.2, 0.25) is 0 Å². The summed E-state index contributed by atoms with van der Waals surface area (Å²) in [6.45, 7) is 0.475. The van der Waals surface area contributed by atoms with E-state index in [1.54, 1.807) is 7.11 Å². The van der Waals surface area contributed by atoms with Gasteiger partial charge in [0.05, 0.1) is 22.8 Å². The van der Waals surface area contributed by atoms with Crippen molar-refractivity contribution in [2.45, 2.75) is 6.42 Å². The molecule has 2 aromatic carbocycles. The number of hydrogen-bond acceptors (Lipinski definition) is 3. The Kier molecular flexibility index (Phi) is 5.06. The third kappa shape index (κ3) is 3.67. The fourth-order valence-corrected chi connectivity index (χ4v) is 3.11. The highest BCUT2D eigenvalue weighted by Gasteiger charge is 2.11. The van der Waals surface area contributed by atoms with Gasteiger partial charge >= 0.3 is 0 Å². The third-order valence-electron chi connectivity index (χ3n) is 4.00. The Bertz CT molecular complexity index is 914. The van der Waals surface area contributed by atoms with Crippen LogP contribution in [0.3, 0.4) is 0 Å². The molecule has 1 heterocycles. The molecule has 0 fully saturated rings. The fraction of sp³-hybridized carbons (Fsp3) is 0.167. The predicted molar refractivity (Wildman–Crippen MR) is 102 cm³/mol. The highest BCUT2D eigenvalue weighted by atomic mass is 35.5. The van der Waals surface area contributed by atoms with E-state index in [0.717, 1.165) is 22.2 Å². The number of halogens is 2. The van der Waals surface area contributed by atoms with Crippen molar-refractivity contribution in [1.82, 2.24) is 10.3 Å². The number of ether oxygens (including phenoxy) is 1. The molecule has 0 saturated carbocycles. The van der Waals surface area contributed by atoms with Gasteiger partial charge in [-0.2, -0.15) is 0 Å². The maximum Gasteiger partial charge on any atom is 0.251 e. The number of anilines is 1. The number of rotatable bonds is 5. The summed E-state index contributed by atoms with van der Waals surface area (Å²) >= 11 is 11.9. The average molecular weight is 378 g/mol. The summed E-state index contributed by atoms with van der Waals surface area (Å²) in [5.41, 5.74) is 8.46. The van der Waals surface area contributed by atoms with Gasteiger partial charge in [-0.05, 0) is 42.3 Å². The SMILES string of the molecule is COc1ccc2[nH]cc(CCNC(=O)c3cc(Cl)c(N)c(Cl)c3)c2c1. The number of aromatic nitrogens is 1. The van der Waals surface area contributed by atoms with Gasteiger partial charge in [-0.25, -0.2) is 0 Å². The molecule has 0 spiro atoms. The number of methoxy groups -OCH3 is 1. The van der Waals surface area contributed by atoms with Gasteiger partial charge in [-0.15, -0.1) is 0 Å². The summed E-state index contributed by atoms with van der Waals surface area (Å²) < 4.78 is 5.26. The molecule has 130 valence electrons. The molecule has 3 aromatic rings. The molecule has 0 aliphatic rings. The van der Waals surface area contributed by atoms with E-state index >= 15 is 0 Å². The predicted octanol–water partition coefficient (Wildman–Crippen LogP) is 4.04. The van der Waals surface area contributed by atoms with Crippen molar-refractivity contribution < 1.29 is 9.53 Å². The van der Waals surface area contributed by atoms with Gasteiger partial charge in [-0.1, -0.05) is 23.2 Å². The molecule has 0 aliphatic heterocycles. The second-order valence-corrected chi connectivity index (χ2v) is 6.40. The fourth-order valence-electron chi connectivity index (χ4n) is 2.62. The van der Waals surface area contributed by atoms with Crippen molar-refractivity contribution in [2.75, 3.05) is 19.4 Å². The summed E-state index contributed by atoms with van der Waals surface area (Å²) in [7, 11) is 1.64. The van der Waals surface area contributed by atoms with E-state index in [1.165, 1.54) is 12.1 Å². The molecule has 0 atom stereocenters. The van der Waals surface area contributed by atoms with E-state index < -0.39 is 0 Å². The number of carbonyl (C=O) groups is 1. The van der Waals surface area contributed by atoms with Gasteiger partial charge < -0.3 is 20.8 Å². The van der Waals surface area contributed by atoms with Crippen molar-refractivity contribution in [1.29, 1.82) is 0 Å². The normalized spacial score (nSPS) is 10.8. The lowest BCUT2D eigenvalue weighted by atomic mass is 10.1. The molecule has 7 heteroatoms. The van der Waals surface area contributed by atoms with Crippen molar-refractivity contribution in [2.24, 2.45) is 0 Å². The number of fused-ring (bicyclic) bond motifs is 1. The van der Waals surface area contributed by atoms with Crippen LogP contribution in [0.15, 0.2) is 36.5 Å². The summed E-state index contributed by atoms with van der Waals surface area (Å²) in [5, 5.41) is 4.47. The lowest BCUT2D eigenvalue weighted by Gasteiger charge is -2.08. The molecule has 0 unspecified atom stereocenters. The Morgan fingerprint density at radius 2 is 1.96 bits per heavy atom. The number of H-pyrrole nitrogens is 1. The molecule has 5 nitrogen and oxygen atoms in total. The van der Waals surface area contributed by atoms with Crippen LogP contribution in [0, 0.1) is 0 Å². The van der Waals surface area contributed by atoms with Gasteiger partial charge in [0.15, 0.2) is 0 Å². The number of carbonyl (C=O) groups excluding carboxylic acids is 1. The van der Waals surface area contributed by atoms with Crippen molar-refractivity contribution in [3.05, 3.63) is 57.7 Å². The van der Waals surface area contributed by atoms with Crippen LogP contribution in [0.25, 0.3) is 10.9 Å². The van der Waals surface area contributed by atoms with E-state index in [9.17, 15) is 4.79 Å². The van der Waals surface area contributed by atoms with Crippen LogP contribution < -0.4 is 15.8 Å². The first kappa shape index (κ1) is 17.5. The molecule has 0 aliphatic carbocycles. The minimum atomic E-state index is -0.249. The number of benzene rings is 2. The van der Waals surface area contributed by atoms with Crippen LogP contribution >= 0.6 is 23.2 Å². The number of nitrogens with two attached hydrogens (primary N) is 1. The Morgan fingerprint density at radius 1 is 1.24 bits per heavy atom. The number of amides is 1. The Hall–Kier alpha value is -2.37. The summed E-state index contributed by atoms with van der Waals surface area (Å²) in [6.07, 6.45) is 2.61. The zero-order valence-electron chi connectivity index (χ0n) is 13.5. The van der Waals surface area contributed by atoms with E-state index in [0.29, 0.717) is 18.5 Å². The van der Waals surface area contributed by atoms with E-state index in [4.69, 9.17) is 33.7 Å². The zero-order chi connectivity index (χ0) is 18.0. The molecular weight excluding hydrogens is 361 g/mol. The molecule has 0 radical (unpaired) electrons. The van der Waals surface area contributed by atoms with Gasteiger partial charge in [0.1, 0.15) is 5.75 Å². The van der Waals surface area contributed by atoms with Crippen LogP contribution in [-0.2, 0) is 6.42 Å². The molecule has 4 N–H and O–H groups in total. The van der Waals surface area contributed by atoms with Crippen LogP contribution in [-0.4, -0.2) is 24.5 Å². The first-order valence-corrected chi connectivity index (χ1v) is 8.42. The highest BCUT2D eigenvalue weighted by molar-refractivity contribution is 6.39. The van der Waals surface area contributed by atoms with Crippen molar-refractivity contribution >= 4 is 45.7 Å². The molecule has 0 bridgehead atoms. The Morgan fingerprint density at radius 3 is 2.64 bits per heavy atom. The van der Waals surface area contributed by atoms with E-state index in [1.807, 2.05) is 24.4 Å². The van der Waals surface area contributed by atoms with Gasteiger partial charge in [0.25, 0.3) is 5.91 Å². The zero-order valence-corrected chi connectivity index (χ0v) is 15.0. The number of hydrogen-bond donors (Lipinski definition) is 3. The van der Waals surface area contributed by atoms with E-state index in [2.05, 4.69) is 10.3 Å². The summed E-state index contributed by atoms with van der Waals surface area (Å²) in [6, 6.07) is 8.86. The average Bonchev–Trinajstić information content (AvgIpc) is 3.01. The number of aromatic amines is 1. The number of nitrogen functional groups attached to an aromatic ring is 1. The van der Waals surface area contributed by atoms with Crippen molar-refractivity contribution in [3.63, 3.8) is 0 Å². The molecule has 1 aromatic heterocycles. The van der Waals surface area contributed by atoms with Crippen LogP contribution in [0.1, 0.15) is 15.9 Å². The second-order valence-electron chi connectivity index (χ2n) is 5.58. The Balaban J connectivity index is 1.68. The lowest BCUT2D eigenvalue weighted by molar-refractivity contribution is 0.0954. The minimum Gasteiger partial charge on any atom is -0.497 e. The third-order valence-corrected chi connectivity index (χ3v) is 4.62. The lowest BCUT2D eigenvalue weighted by Crippen LogP contribution is -2.25. The Labute approximate surface area is 155 Å². The second kappa shape index (κ2) is 7.25. The smallest absolute Gasteiger partial charge is 0.251 e. The minimum absolute atomic E-state index is 0.249. The summed E-state index contributed by atoms with van der Waals surface area (Å²) in [5.74, 6) is 0.546. The molecule has 3 rings (SSSR count). The molecule has 1 amide bonds. The molecular formula is C18H17Cl2N3O2. The van der Waals surface area contributed by atoms with Gasteiger partial charge in [-0.3, -0.25) is 4.79 Å². The standard InChI is InChI=1S/C18H17Cl2N3O2/c1-25-12-2-3-16-13(8-12)10(9-23-16)4-5-22-18(24)11-6-14(19)17(21)15(20)7-11/h2-3,6-9,23H,4-5,21H2,1H3,(H,22,24). The number of nitrogens with one attached hydrogen (secondary N) is 2. The van der Waals surface area contributed by atoms with Crippen LogP contribution in [0.2, 0.25) is 10.0 Å². The first-order valence-electron chi connectivity index (χ1n) is 7.66. The maximum absolute atomic E-state index is 12.3. The highest BCUT2D eigenvalue weighted by Crippen LogP contribution is 2.29. The van der Waals surface area contributed by atoms with Crippen LogP contribution in [0.4, 0.5) is 5.69 Å². The monoisotopic (exact) mass is 377 g/mol.